The predicted molar refractivity (Wildman–Crippen MR) is 71.3 cm³/mol. The lowest BCUT2D eigenvalue weighted by atomic mass is 10.2. The smallest absolute Gasteiger partial charge is 0.337 e. The fourth-order valence-corrected chi connectivity index (χ4v) is 2.23. The highest BCUT2D eigenvalue weighted by Crippen LogP contribution is 2.12. The lowest BCUT2D eigenvalue weighted by Gasteiger charge is -2.06. The summed E-state index contributed by atoms with van der Waals surface area (Å²) in [7, 11) is 1.08. The van der Waals surface area contributed by atoms with Crippen molar-refractivity contribution in [3.8, 4) is 5.75 Å². The number of carbonyl (C=O) groups is 1. The van der Waals surface area contributed by atoms with Crippen LogP contribution in [0.5, 0.6) is 5.75 Å². The van der Waals surface area contributed by atoms with E-state index in [-0.39, 0.29) is 15.5 Å². The van der Waals surface area contributed by atoms with Gasteiger partial charge in [0.2, 0.25) is 0 Å². The van der Waals surface area contributed by atoms with E-state index in [0.717, 1.165) is 12.0 Å². The van der Waals surface area contributed by atoms with E-state index in [1.165, 1.54) is 12.3 Å². The number of rotatable bonds is 5. The van der Waals surface area contributed by atoms with Gasteiger partial charge in [0.05, 0.1) is 28.4 Å². The number of esters is 1. The fraction of sp³-hybridized carbons (Fsp3) is 0.308. The van der Waals surface area contributed by atoms with Crippen LogP contribution >= 0.6 is 0 Å². The first-order valence-electron chi connectivity index (χ1n) is 5.60. The molecule has 1 rings (SSSR count). The Kier molecular flexibility index (Phi) is 5.49. The third-order valence-corrected chi connectivity index (χ3v) is 4.14. The molecule has 0 radical (unpaired) electrons. The molecular weight excluding hydrogens is 232 g/mol. The zero-order chi connectivity index (χ0) is 12.7. The minimum atomic E-state index is -0.323. The molecule has 0 unspecified atom stereocenters. The molecular formula is C13H18O3Si. The Labute approximate surface area is 104 Å². The molecule has 1 aromatic carbocycles. The number of benzene rings is 1. The number of carbonyl (C=O) groups excluding carboxylic acids is 1. The number of ether oxygens (including phenoxy) is 2. The first-order chi connectivity index (χ1) is 8.17. The molecule has 4 heteroatoms. The molecule has 17 heavy (non-hydrogen) atoms. The van der Waals surface area contributed by atoms with E-state index >= 15 is 0 Å². The van der Waals surface area contributed by atoms with Gasteiger partial charge in [-0.2, -0.15) is 0 Å². The van der Waals surface area contributed by atoms with E-state index in [1.54, 1.807) is 24.3 Å². The minimum absolute atomic E-state index is 0.291. The van der Waals surface area contributed by atoms with Crippen LogP contribution in [0, 0.1) is 0 Å². The van der Waals surface area contributed by atoms with Crippen LogP contribution in [0.1, 0.15) is 24.2 Å². The van der Waals surface area contributed by atoms with Crippen molar-refractivity contribution < 1.29 is 14.3 Å². The Morgan fingerprint density at radius 1 is 1.35 bits per heavy atom. The van der Waals surface area contributed by atoms with Crippen molar-refractivity contribution in [1.29, 1.82) is 0 Å². The lowest BCUT2D eigenvalue weighted by Crippen LogP contribution is -2.08. The van der Waals surface area contributed by atoms with E-state index in [2.05, 4.69) is 17.7 Å². The minimum Gasteiger partial charge on any atom is -0.497 e. The number of hydrogen-bond donors (Lipinski definition) is 0. The van der Waals surface area contributed by atoms with Crippen molar-refractivity contribution in [3.05, 3.63) is 41.1 Å². The summed E-state index contributed by atoms with van der Waals surface area (Å²) < 4.78 is 10.2. The maximum Gasteiger partial charge on any atom is 0.337 e. The first kappa shape index (κ1) is 13.5. The third-order valence-electron chi connectivity index (χ3n) is 2.53. The van der Waals surface area contributed by atoms with Gasteiger partial charge in [0.1, 0.15) is 5.75 Å². The molecule has 0 aliphatic carbocycles. The molecule has 0 spiro atoms. The highest BCUT2D eigenvalue weighted by molar-refractivity contribution is 6.44. The van der Waals surface area contributed by atoms with Gasteiger partial charge in [-0.3, -0.25) is 0 Å². The maximum atomic E-state index is 11.2. The molecule has 0 atom stereocenters. The number of methoxy groups -OCH3 is 1. The summed E-state index contributed by atoms with van der Waals surface area (Å²) in [4.78, 5) is 11.2. The van der Waals surface area contributed by atoms with Crippen LogP contribution in [0.4, 0.5) is 0 Å². The number of hydrogen-bond acceptors (Lipinski definition) is 3. The van der Waals surface area contributed by atoms with E-state index in [4.69, 9.17) is 4.74 Å². The molecule has 0 saturated carbocycles. The monoisotopic (exact) mass is 250 g/mol. The predicted octanol–water partition coefficient (Wildman–Crippen LogP) is 1.90. The lowest BCUT2D eigenvalue weighted by molar-refractivity contribution is 0.0600. The topological polar surface area (TPSA) is 35.5 Å². The molecule has 92 valence electrons. The molecule has 0 N–H and O–H groups in total. The van der Waals surface area contributed by atoms with Crippen LogP contribution in [0.2, 0.25) is 0 Å². The van der Waals surface area contributed by atoms with Crippen molar-refractivity contribution in [2.45, 2.75) is 13.8 Å². The average Bonchev–Trinajstić information content (AvgIpc) is 2.38. The van der Waals surface area contributed by atoms with Gasteiger partial charge < -0.3 is 9.47 Å². The molecule has 0 aromatic heterocycles. The van der Waals surface area contributed by atoms with Crippen LogP contribution < -0.4 is 4.74 Å². The molecule has 0 aliphatic heterocycles. The standard InChI is InChI=1S/C13H18O3Si/c1-4-10(2)17-9-16-12-7-5-11(6-8-12)13(14)15-3/h4-8H,9,17H2,1-3H3. The largest absolute Gasteiger partial charge is 0.497 e. The number of allylic oxidation sites excluding steroid dienone is 2. The molecule has 0 heterocycles. The fourth-order valence-electron chi connectivity index (χ4n) is 1.28. The van der Waals surface area contributed by atoms with Gasteiger partial charge in [0.15, 0.2) is 0 Å². The van der Waals surface area contributed by atoms with Crippen LogP contribution in [-0.2, 0) is 4.74 Å². The summed E-state index contributed by atoms with van der Waals surface area (Å²) in [5.41, 5.74) is 0.543. The van der Waals surface area contributed by atoms with Gasteiger partial charge in [-0.15, -0.1) is 0 Å². The Morgan fingerprint density at radius 3 is 2.53 bits per heavy atom. The van der Waals surface area contributed by atoms with Crippen molar-refractivity contribution in [2.24, 2.45) is 0 Å². The van der Waals surface area contributed by atoms with Gasteiger partial charge in [-0.25, -0.2) is 4.79 Å². The Bertz CT molecular complexity index is 396. The van der Waals surface area contributed by atoms with Gasteiger partial charge in [-0.1, -0.05) is 11.3 Å². The van der Waals surface area contributed by atoms with E-state index < -0.39 is 0 Å². The summed E-state index contributed by atoms with van der Waals surface area (Å²) >= 11 is 0. The average molecular weight is 250 g/mol. The molecule has 3 nitrogen and oxygen atoms in total. The van der Waals surface area contributed by atoms with E-state index in [9.17, 15) is 4.79 Å². The van der Waals surface area contributed by atoms with Crippen LogP contribution in [0.25, 0.3) is 0 Å². The van der Waals surface area contributed by atoms with Crippen molar-refractivity contribution in [3.63, 3.8) is 0 Å². The normalized spacial score (nSPS) is 11.8. The highest BCUT2D eigenvalue weighted by atomic mass is 28.2. The second kappa shape index (κ2) is 6.91. The maximum absolute atomic E-state index is 11.2. The Morgan fingerprint density at radius 2 is 2.00 bits per heavy atom. The van der Waals surface area contributed by atoms with Crippen molar-refractivity contribution in [2.75, 3.05) is 13.3 Å². The zero-order valence-corrected chi connectivity index (χ0v) is 11.9. The van der Waals surface area contributed by atoms with E-state index in [1.807, 2.05) is 6.92 Å². The Hall–Kier alpha value is -1.55. The Balaban J connectivity index is 2.48. The van der Waals surface area contributed by atoms with Crippen LogP contribution in [0.3, 0.4) is 0 Å². The van der Waals surface area contributed by atoms with Crippen molar-refractivity contribution in [1.82, 2.24) is 0 Å². The molecule has 0 amide bonds. The van der Waals surface area contributed by atoms with Crippen LogP contribution in [-0.4, -0.2) is 28.8 Å². The van der Waals surface area contributed by atoms with Gasteiger partial charge in [-0.05, 0) is 38.1 Å². The van der Waals surface area contributed by atoms with Crippen LogP contribution in [0.15, 0.2) is 35.5 Å². The summed E-state index contributed by atoms with van der Waals surface area (Å²) in [6, 6.07) is 7.02. The third kappa shape index (κ3) is 4.44. The summed E-state index contributed by atoms with van der Waals surface area (Å²) in [5.74, 6) is 0.477. The van der Waals surface area contributed by atoms with Gasteiger partial charge in [0, 0.05) is 0 Å². The SMILES string of the molecule is CC=C(C)[SiH2]COc1ccc(C(=O)OC)cc1. The zero-order valence-electron chi connectivity index (χ0n) is 10.5. The highest BCUT2D eigenvalue weighted by Gasteiger charge is 2.04. The second-order valence-electron chi connectivity index (χ2n) is 3.75. The molecule has 0 saturated heterocycles. The second-order valence-corrected chi connectivity index (χ2v) is 5.77. The van der Waals surface area contributed by atoms with Gasteiger partial charge >= 0.3 is 5.97 Å². The quantitative estimate of drug-likeness (QED) is 0.591. The van der Waals surface area contributed by atoms with Crippen molar-refractivity contribution >= 4 is 15.5 Å². The summed E-state index contributed by atoms with van der Waals surface area (Å²) in [6.45, 7) is 4.18. The van der Waals surface area contributed by atoms with Gasteiger partial charge in [0.25, 0.3) is 0 Å². The molecule has 1 aromatic rings. The summed E-state index contributed by atoms with van der Waals surface area (Å²) in [6.07, 6.45) is 2.92. The molecule has 0 bridgehead atoms. The molecule has 0 fully saturated rings. The first-order valence-corrected chi connectivity index (χ1v) is 7.31. The van der Waals surface area contributed by atoms with E-state index in [0.29, 0.717) is 5.56 Å². The molecule has 0 aliphatic rings. The summed E-state index contributed by atoms with van der Waals surface area (Å²) in [5, 5.41) is 1.44.